The van der Waals surface area contributed by atoms with E-state index in [-0.39, 0.29) is 25.0 Å². The van der Waals surface area contributed by atoms with Crippen molar-refractivity contribution >= 4 is 40.8 Å². The number of carbonyl (C=O) groups excluding carboxylic acids is 1. The lowest BCUT2D eigenvalue weighted by atomic mass is 10.1. The molecule has 1 aromatic carbocycles. The molecule has 1 amide bonds. The highest BCUT2D eigenvalue weighted by Crippen LogP contribution is 2.25. The van der Waals surface area contributed by atoms with E-state index >= 15 is 0 Å². The second-order valence-corrected chi connectivity index (χ2v) is 7.19. The van der Waals surface area contributed by atoms with E-state index in [1.54, 1.807) is 18.2 Å². The third-order valence-corrected chi connectivity index (χ3v) is 4.92. The summed E-state index contributed by atoms with van der Waals surface area (Å²) >= 11 is 11.9. The molecule has 8 heteroatoms. The van der Waals surface area contributed by atoms with Gasteiger partial charge in [-0.05, 0) is 51.1 Å². The summed E-state index contributed by atoms with van der Waals surface area (Å²) in [5, 5.41) is 12.6. The molecule has 138 valence electrons. The lowest BCUT2D eigenvalue weighted by Gasteiger charge is -2.25. The maximum absolute atomic E-state index is 12.3. The number of benzene rings is 1. The van der Waals surface area contributed by atoms with E-state index in [2.05, 4.69) is 10.2 Å². The van der Waals surface area contributed by atoms with E-state index in [9.17, 15) is 9.59 Å². The number of likely N-dealkylation sites (N-methyl/N-ethyl adjacent to an activating group) is 1. The van der Waals surface area contributed by atoms with Crippen molar-refractivity contribution in [3.05, 3.63) is 28.2 Å². The first-order valence-corrected chi connectivity index (χ1v) is 9.00. The van der Waals surface area contributed by atoms with Gasteiger partial charge in [0.2, 0.25) is 5.91 Å². The predicted octanol–water partition coefficient (Wildman–Crippen LogP) is 2.80. The Kier molecular flexibility index (Phi) is 7.50. The summed E-state index contributed by atoms with van der Waals surface area (Å²) in [4.78, 5) is 27.1. The van der Waals surface area contributed by atoms with Gasteiger partial charge < -0.3 is 10.4 Å². The average Bonchev–Trinajstić information content (AvgIpc) is 2.75. The SMILES string of the molecule is CN(CC(=O)O)C1CCCN(CC(=O)Nc2ccc(Cl)cc2Cl)CC1. The quantitative estimate of drug-likeness (QED) is 0.784. The van der Waals surface area contributed by atoms with Crippen molar-refractivity contribution in [3.63, 3.8) is 0 Å². The number of aliphatic carboxylic acids is 1. The van der Waals surface area contributed by atoms with Crippen LogP contribution in [0.25, 0.3) is 0 Å². The Balaban J connectivity index is 1.84. The fraction of sp³-hybridized carbons (Fsp3) is 0.529. The number of halogens is 2. The van der Waals surface area contributed by atoms with E-state index in [1.807, 2.05) is 11.9 Å². The van der Waals surface area contributed by atoms with Crippen LogP contribution >= 0.6 is 23.2 Å². The summed E-state index contributed by atoms with van der Waals surface area (Å²) in [6, 6.07) is 5.18. The minimum atomic E-state index is -0.817. The summed E-state index contributed by atoms with van der Waals surface area (Å²) in [5.74, 6) is -0.940. The van der Waals surface area contributed by atoms with E-state index in [0.717, 1.165) is 32.4 Å². The van der Waals surface area contributed by atoms with Gasteiger partial charge >= 0.3 is 5.97 Å². The Morgan fingerprint density at radius 3 is 2.76 bits per heavy atom. The number of anilines is 1. The molecule has 1 atom stereocenters. The molecule has 0 aromatic heterocycles. The standard InChI is InChI=1S/C17H23Cl2N3O3/c1-21(11-17(24)25)13-3-2-7-22(8-6-13)10-16(23)20-15-5-4-12(18)9-14(15)19/h4-5,9,13H,2-3,6-8,10-11H2,1H3,(H,20,23)(H,24,25). The molecule has 1 fully saturated rings. The molecule has 1 aliphatic rings. The van der Waals surface area contributed by atoms with Gasteiger partial charge in [0.25, 0.3) is 0 Å². The smallest absolute Gasteiger partial charge is 0.317 e. The zero-order valence-electron chi connectivity index (χ0n) is 14.2. The van der Waals surface area contributed by atoms with Crippen LogP contribution in [0.15, 0.2) is 18.2 Å². The van der Waals surface area contributed by atoms with E-state index in [0.29, 0.717) is 15.7 Å². The summed E-state index contributed by atoms with van der Waals surface area (Å²) in [6.45, 7) is 1.91. The molecule has 6 nitrogen and oxygen atoms in total. The van der Waals surface area contributed by atoms with E-state index in [4.69, 9.17) is 28.3 Å². The van der Waals surface area contributed by atoms with Crippen molar-refractivity contribution < 1.29 is 14.7 Å². The Hall–Kier alpha value is -1.34. The largest absolute Gasteiger partial charge is 0.480 e. The Morgan fingerprint density at radius 2 is 2.08 bits per heavy atom. The first-order chi connectivity index (χ1) is 11.8. The highest BCUT2D eigenvalue weighted by molar-refractivity contribution is 6.36. The number of nitrogens with zero attached hydrogens (tertiary/aromatic N) is 2. The first kappa shape index (κ1) is 20.0. The molecule has 1 unspecified atom stereocenters. The van der Waals surface area contributed by atoms with Gasteiger partial charge in [-0.3, -0.25) is 19.4 Å². The third-order valence-electron chi connectivity index (χ3n) is 4.37. The number of hydrogen-bond acceptors (Lipinski definition) is 4. The van der Waals surface area contributed by atoms with Gasteiger partial charge in [-0.15, -0.1) is 0 Å². The third kappa shape index (κ3) is 6.47. The van der Waals surface area contributed by atoms with Crippen LogP contribution in [0.1, 0.15) is 19.3 Å². The van der Waals surface area contributed by atoms with Gasteiger partial charge in [-0.1, -0.05) is 23.2 Å². The molecule has 0 bridgehead atoms. The summed E-state index contributed by atoms with van der Waals surface area (Å²) in [7, 11) is 1.84. The molecule has 0 aliphatic carbocycles. The fourth-order valence-corrected chi connectivity index (χ4v) is 3.52. The molecule has 2 N–H and O–H groups in total. The molecular formula is C17H23Cl2N3O3. The normalized spacial score (nSPS) is 18.8. The molecule has 25 heavy (non-hydrogen) atoms. The molecule has 0 spiro atoms. The minimum Gasteiger partial charge on any atom is -0.480 e. The molecule has 1 saturated heterocycles. The van der Waals surface area contributed by atoms with Gasteiger partial charge in [0, 0.05) is 17.6 Å². The maximum Gasteiger partial charge on any atom is 0.317 e. The van der Waals surface area contributed by atoms with Gasteiger partial charge in [0.1, 0.15) is 0 Å². The summed E-state index contributed by atoms with van der Waals surface area (Å²) in [5.41, 5.74) is 0.546. The molecule has 2 rings (SSSR count). The lowest BCUT2D eigenvalue weighted by Crippen LogP contribution is -2.37. The van der Waals surface area contributed by atoms with Crippen LogP contribution in [0.2, 0.25) is 10.0 Å². The van der Waals surface area contributed by atoms with Crippen molar-refractivity contribution in [1.82, 2.24) is 9.80 Å². The molecule has 1 aromatic rings. The highest BCUT2D eigenvalue weighted by Gasteiger charge is 2.22. The zero-order valence-corrected chi connectivity index (χ0v) is 15.7. The van der Waals surface area contributed by atoms with Gasteiger partial charge in [0.15, 0.2) is 0 Å². The molecule has 1 aliphatic heterocycles. The van der Waals surface area contributed by atoms with E-state index < -0.39 is 5.97 Å². The minimum absolute atomic E-state index is 0.0419. The van der Waals surface area contributed by atoms with Crippen LogP contribution < -0.4 is 5.32 Å². The average molecular weight is 388 g/mol. The van der Waals surface area contributed by atoms with Crippen molar-refractivity contribution in [2.75, 3.05) is 38.5 Å². The monoisotopic (exact) mass is 387 g/mol. The second-order valence-electron chi connectivity index (χ2n) is 6.34. The number of rotatable bonds is 6. The van der Waals surface area contributed by atoms with Crippen LogP contribution in [0.3, 0.4) is 0 Å². The predicted molar refractivity (Wildman–Crippen MR) is 99.4 cm³/mol. The van der Waals surface area contributed by atoms with Crippen molar-refractivity contribution in [2.45, 2.75) is 25.3 Å². The van der Waals surface area contributed by atoms with Crippen LogP contribution in [0.4, 0.5) is 5.69 Å². The van der Waals surface area contributed by atoms with Gasteiger partial charge in [-0.2, -0.15) is 0 Å². The van der Waals surface area contributed by atoms with Crippen molar-refractivity contribution in [1.29, 1.82) is 0 Å². The number of carboxylic acid groups (broad SMARTS) is 1. The number of likely N-dealkylation sites (tertiary alicyclic amines) is 1. The van der Waals surface area contributed by atoms with E-state index in [1.165, 1.54) is 0 Å². The zero-order chi connectivity index (χ0) is 18.4. The molecule has 0 radical (unpaired) electrons. The maximum atomic E-state index is 12.3. The fourth-order valence-electron chi connectivity index (χ4n) is 3.06. The summed E-state index contributed by atoms with van der Waals surface area (Å²) in [6.07, 6.45) is 2.72. The number of carboxylic acids is 1. The van der Waals surface area contributed by atoms with Crippen LogP contribution in [0, 0.1) is 0 Å². The number of carbonyl (C=O) groups is 2. The Labute approximate surface area is 157 Å². The second kappa shape index (κ2) is 9.38. The Bertz CT molecular complexity index is 627. The molecular weight excluding hydrogens is 365 g/mol. The van der Waals surface area contributed by atoms with Crippen molar-refractivity contribution in [3.8, 4) is 0 Å². The van der Waals surface area contributed by atoms with Crippen LogP contribution in [-0.4, -0.2) is 66.1 Å². The number of amides is 1. The highest BCUT2D eigenvalue weighted by atomic mass is 35.5. The van der Waals surface area contributed by atoms with Crippen molar-refractivity contribution in [2.24, 2.45) is 0 Å². The van der Waals surface area contributed by atoms with Crippen LogP contribution in [-0.2, 0) is 9.59 Å². The first-order valence-electron chi connectivity index (χ1n) is 8.24. The molecule has 1 heterocycles. The van der Waals surface area contributed by atoms with Crippen LogP contribution in [0.5, 0.6) is 0 Å². The topological polar surface area (TPSA) is 72.9 Å². The number of hydrogen-bond donors (Lipinski definition) is 2. The van der Waals surface area contributed by atoms with Gasteiger partial charge in [-0.25, -0.2) is 0 Å². The molecule has 0 saturated carbocycles. The number of nitrogens with one attached hydrogen (secondary N) is 1. The Morgan fingerprint density at radius 1 is 1.32 bits per heavy atom. The van der Waals surface area contributed by atoms with Gasteiger partial charge in [0.05, 0.1) is 23.8 Å². The summed E-state index contributed by atoms with van der Waals surface area (Å²) < 4.78 is 0. The lowest BCUT2D eigenvalue weighted by molar-refractivity contribution is -0.138.